The molecule has 0 radical (unpaired) electrons. The van der Waals surface area contributed by atoms with E-state index in [1.165, 1.54) is 44.6 Å². The highest BCUT2D eigenvalue weighted by Crippen LogP contribution is 2.35. The van der Waals surface area contributed by atoms with Gasteiger partial charge in [0.05, 0.1) is 0 Å². The highest BCUT2D eigenvalue weighted by atomic mass is 16.3. The van der Waals surface area contributed by atoms with Gasteiger partial charge in [-0.2, -0.15) is 0 Å². The number of benzene rings is 2. The highest BCUT2D eigenvalue weighted by molar-refractivity contribution is 5.72. The van der Waals surface area contributed by atoms with Crippen molar-refractivity contribution in [3.63, 3.8) is 0 Å². The summed E-state index contributed by atoms with van der Waals surface area (Å²) >= 11 is 0. The molecule has 0 saturated heterocycles. The summed E-state index contributed by atoms with van der Waals surface area (Å²) in [5.74, 6) is -0.162. The molecule has 0 atom stereocenters. The Labute approximate surface area is 120 Å². The van der Waals surface area contributed by atoms with E-state index in [-0.39, 0.29) is 11.5 Å². The smallest absolute Gasteiger partial charge is 0.165 e. The van der Waals surface area contributed by atoms with E-state index in [1.54, 1.807) is 12.1 Å². The zero-order valence-corrected chi connectivity index (χ0v) is 11.8. The molecule has 2 nitrogen and oxygen atoms in total. The summed E-state index contributed by atoms with van der Waals surface area (Å²) in [7, 11) is 0. The maximum absolute atomic E-state index is 9.60. The molecule has 1 fully saturated rings. The first-order chi connectivity index (χ1) is 9.79. The molecule has 1 saturated carbocycles. The van der Waals surface area contributed by atoms with Crippen LogP contribution >= 0.6 is 0 Å². The normalized spacial score (nSPS) is 14.2. The number of rotatable bonds is 1. The van der Waals surface area contributed by atoms with Crippen molar-refractivity contribution in [1.82, 2.24) is 0 Å². The van der Waals surface area contributed by atoms with Crippen molar-refractivity contribution in [3.05, 3.63) is 48.5 Å². The minimum atomic E-state index is -0.0913. The Balaban J connectivity index is 0.000000205. The van der Waals surface area contributed by atoms with Crippen LogP contribution in [0.4, 0.5) is 0 Å². The van der Waals surface area contributed by atoms with Crippen LogP contribution in [0.1, 0.15) is 38.5 Å². The first-order valence-electron chi connectivity index (χ1n) is 7.35. The summed E-state index contributed by atoms with van der Waals surface area (Å²) in [4.78, 5) is 0. The average Bonchev–Trinajstić information content (AvgIpc) is 2.53. The van der Waals surface area contributed by atoms with Crippen LogP contribution in [0, 0.1) is 0 Å². The fourth-order valence-corrected chi connectivity index (χ4v) is 2.44. The molecule has 0 spiro atoms. The van der Waals surface area contributed by atoms with Gasteiger partial charge in [-0.3, -0.25) is 0 Å². The lowest BCUT2D eigenvalue weighted by Gasteiger charge is -2.05. The van der Waals surface area contributed by atoms with Gasteiger partial charge < -0.3 is 10.2 Å². The molecule has 20 heavy (non-hydrogen) atoms. The summed E-state index contributed by atoms with van der Waals surface area (Å²) in [5, 5.41) is 18.9. The number of phenols is 2. The van der Waals surface area contributed by atoms with Crippen molar-refractivity contribution in [2.75, 3.05) is 0 Å². The van der Waals surface area contributed by atoms with Crippen LogP contribution in [0.25, 0.3) is 11.1 Å². The number of hydrogen-bond donors (Lipinski definition) is 2. The topological polar surface area (TPSA) is 40.5 Å². The predicted octanol–water partition coefficient (Wildman–Crippen LogP) is 5.11. The number of aromatic hydroxyl groups is 2. The lowest BCUT2D eigenvalue weighted by molar-refractivity contribution is 0.405. The Morgan fingerprint density at radius 2 is 1.15 bits per heavy atom. The molecule has 3 rings (SSSR count). The zero-order valence-electron chi connectivity index (χ0n) is 11.8. The Bertz CT molecular complexity index is 505. The standard InChI is InChI=1S/C12H10O2.C6H12/c13-11-8-4-7-10(12(11)14)9-5-2-1-3-6-9;1-2-4-6-5-3-1/h1-8,13-14H;1-6H2. The van der Waals surface area contributed by atoms with Crippen molar-refractivity contribution in [2.45, 2.75) is 38.5 Å². The Morgan fingerprint density at radius 3 is 1.70 bits per heavy atom. The van der Waals surface area contributed by atoms with Crippen molar-refractivity contribution in [1.29, 1.82) is 0 Å². The molecule has 0 unspecified atom stereocenters. The van der Waals surface area contributed by atoms with Gasteiger partial charge in [0.15, 0.2) is 11.5 Å². The fraction of sp³-hybridized carbons (Fsp3) is 0.333. The molecular formula is C18H22O2. The van der Waals surface area contributed by atoms with Crippen LogP contribution in [0.2, 0.25) is 0 Å². The molecule has 106 valence electrons. The summed E-state index contributed by atoms with van der Waals surface area (Å²) in [5.41, 5.74) is 1.53. The van der Waals surface area contributed by atoms with Gasteiger partial charge in [0.2, 0.25) is 0 Å². The van der Waals surface area contributed by atoms with Crippen molar-refractivity contribution >= 4 is 0 Å². The second kappa shape index (κ2) is 7.59. The minimum Gasteiger partial charge on any atom is -0.504 e. The predicted molar refractivity (Wildman–Crippen MR) is 82.9 cm³/mol. The third-order valence-corrected chi connectivity index (χ3v) is 3.60. The van der Waals surface area contributed by atoms with E-state index in [4.69, 9.17) is 0 Å². The van der Waals surface area contributed by atoms with Crippen molar-refractivity contribution in [3.8, 4) is 22.6 Å². The first-order valence-corrected chi connectivity index (χ1v) is 7.35. The maximum Gasteiger partial charge on any atom is 0.165 e. The molecule has 1 aliphatic rings. The van der Waals surface area contributed by atoms with Crippen LogP contribution in [0.3, 0.4) is 0 Å². The largest absolute Gasteiger partial charge is 0.504 e. The van der Waals surface area contributed by atoms with E-state index < -0.39 is 0 Å². The second-order valence-electron chi connectivity index (χ2n) is 5.16. The molecule has 0 heterocycles. The summed E-state index contributed by atoms with van der Waals surface area (Å²) in [6.45, 7) is 0. The first kappa shape index (κ1) is 14.4. The van der Waals surface area contributed by atoms with Gasteiger partial charge in [-0.05, 0) is 11.6 Å². The molecule has 0 amide bonds. The van der Waals surface area contributed by atoms with Crippen LogP contribution in [0.15, 0.2) is 48.5 Å². The minimum absolute atomic E-state index is 0.0706. The Kier molecular flexibility index (Phi) is 5.48. The van der Waals surface area contributed by atoms with Gasteiger partial charge in [-0.25, -0.2) is 0 Å². The van der Waals surface area contributed by atoms with Crippen LogP contribution < -0.4 is 0 Å². The number of para-hydroxylation sites is 1. The maximum atomic E-state index is 9.60. The van der Waals surface area contributed by atoms with Crippen LogP contribution in [-0.4, -0.2) is 10.2 Å². The molecule has 2 aromatic carbocycles. The van der Waals surface area contributed by atoms with Gasteiger partial charge in [-0.1, -0.05) is 81.0 Å². The number of hydrogen-bond acceptors (Lipinski definition) is 2. The van der Waals surface area contributed by atoms with Gasteiger partial charge in [0.1, 0.15) is 0 Å². The molecule has 0 aliphatic heterocycles. The van der Waals surface area contributed by atoms with Gasteiger partial charge in [0.25, 0.3) is 0 Å². The Morgan fingerprint density at radius 1 is 0.600 bits per heavy atom. The van der Waals surface area contributed by atoms with E-state index in [0.29, 0.717) is 5.56 Å². The van der Waals surface area contributed by atoms with E-state index >= 15 is 0 Å². The summed E-state index contributed by atoms with van der Waals surface area (Å²) in [6.07, 6.45) is 9.00. The van der Waals surface area contributed by atoms with Crippen molar-refractivity contribution in [2.24, 2.45) is 0 Å². The second-order valence-corrected chi connectivity index (χ2v) is 5.16. The highest BCUT2D eigenvalue weighted by Gasteiger charge is 2.06. The van der Waals surface area contributed by atoms with E-state index in [9.17, 15) is 10.2 Å². The van der Waals surface area contributed by atoms with Gasteiger partial charge in [-0.15, -0.1) is 0 Å². The third kappa shape index (κ3) is 4.02. The SMILES string of the molecule is C1CCCCC1.Oc1cccc(-c2ccccc2)c1O. The molecule has 2 heteroatoms. The monoisotopic (exact) mass is 270 g/mol. The van der Waals surface area contributed by atoms with Crippen LogP contribution in [0.5, 0.6) is 11.5 Å². The number of phenolic OH excluding ortho intramolecular Hbond substituents is 2. The molecular weight excluding hydrogens is 248 g/mol. The Hall–Kier alpha value is -1.96. The molecule has 2 N–H and O–H groups in total. The van der Waals surface area contributed by atoms with Gasteiger partial charge >= 0.3 is 0 Å². The average molecular weight is 270 g/mol. The van der Waals surface area contributed by atoms with Crippen LogP contribution in [-0.2, 0) is 0 Å². The zero-order chi connectivity index (χ0) is 14.2. The fourth-order valence-electron chi connectivity index (χ4n) is 2.44. The van der Waals surface area contributed by atoms with E-state index in [1.807, 2.05) is 30.3 Å². The quantitative estimate of drug-likeness (QED) is 0.707. The lowest BCUT2D eigenvalue weighted by atomic mass is 10.0. The van der Waals surface area contributed by atoms with Gasteiger partial charge in [0, 0.05) is 5.56 Å². The molecule has 0 aromatic heterocycles. The molecule has 1 aliphatic carbocycles. The third-order valence-electron chi connectivity index (χ3n) is 3.60. The summed E-state index contributed by atoms with van der Waals surface area (Å²) < 4.78 is 0. The van der Waals surface area contributed by atoms with E-state index in [2.05, 4.69) is 0 Å². The molecule has 2 aromatic rings. The summed E-state index contributed by atoms with van der Waals surface area (Å²) in [6, 6.07) is 14.4. The lowest BCUT2D eigenvalue weighted by Crippen LogP contribution is -1.85. The molecule has 0 bridgehead atoms. The van der Waals surface area contributed by atoms with E-state index in [0.717, 1.165) is 5.56 Å². The van der Waals surface area contributed by atoms with Crippen molar-refractivity contribution < 1.29 is 10.2 Å².